The molecule has 1 fully saturated rings. The summed E-state index contributed by atoms with van der Waals surface area (Å²) in [7, 11) is 1.70. The number of hydrogen-bond donors (Lipinski definition) is 1. The number of morpholine rings is 1. The standard InChI is InChI=1S/C23H25F4N7O2/c1-12-11-34(18(14(3)36-12)10-31-22-29-7-15(8-30-22)23(25,26)27)21(35)19-13(2)33(4)32-20(19)17-6-5-16(24)9-28-17/h5-9,12,14,18H,10-11H2,1-4H3,(H,29,30,31)/t12-,14+,18-/m1/s1. The molecule has 0 radical (unpaired) electrons. The summed E-state index contributed by atoms with van der Waals surface area (Å²) >= 11 is 0. The summed E-state index contributed by atoms with van der Waals surface area (Å²) in [5.41, 5.74) is 0.650. The van der Waals surface area contributed by atoms with Crippen LogP contribution < -0.4 is 5.32 Å². The predicted molar refractivity (Wildman–Crippen MR) is 121 cm³/mol. The van der Waals surface area contributed by atoms with Crippen molar-refractivity contribution >= 4 is 11.9 Å². The summed E-state index contributed by atoms with van der Waals surface area (Å²) in [5.74, 6) is -0.828. The Hall–Kier alpha value is -3.61. The van der Waals surface area contributed by atoms with Crippen LogP contribution >= 0.6 is 0 Å². The van der Waals surface area contributed by atoms with E-state index in [1.165, 1.54) is 12.1 Å². The van der Waals surface area contributed by atoms with Gasteiger partial charge in [0.05, 0.1) is 41.3 Å². The molecule has 1 aliphatic heterocycles. The summed E-state index contributed by atoms with van der Waals surface area (Å²) in [6.07, 6.45) is -2.74. The van der Waals surface area contributed by atoms with E-state index in [1.54, 1.807) is 23.6 Å². The van der Waals surface area contributed by atoms with Crippen molar-refractivity contribution in [1.82, 2.24) is 29.6 Å². The minimum Gasteiger partial charge on any atom is -0.372 e. The highest BCUT2D eigenvalue weighted by Gasteiger charge is 2.38. The highest BCUT2D eigenvalue weighted by molar-refractivity contribution is 6.01. The largest absolute Gasteiger partial charge is 0.419 e. The molecule has 4 heterocycles. The molecule has 4 rings (SSSR count). The number of ether oxygens (including phenoxy) is 1. The first-order valence-electron chi connectivity index (χ1n) is 11.2. The Balaban J connectivity index is 1.61. The third-order valence-electron chi connectivity index (χ3n) is 6.07. The lowest BCUT2D eigenvalue weighted by atomic mass is 10.0. The molecule has 1 N–H and O–H groups in total. The summed E-state index contributed by atoms with van der Waals surface area (Å²) in [6.45, 7) is 5.82. The molecule has 0 aromatic carbocycles. The van der Waals surface area contributed by atoms with Crippen LogP contribution in [-0.2, 0) is 18.0 Å². The zero-order valence-electron chi connectivity index (χ0n) is 20.0. The molecular formula is C23H25F4N7O2. The molecule has 3 aromatic rings. The quantitative estimate of drug-likeness (QED) is 0.528. The van der Waals surface area contributed by atoms with Gasteiger partial charge in [0.15, 0.2) is 0 Å². The minimum absolute atomic E-state index is 0.00465. The van der Waals surface area contributed by atoms with Gasteiger partial charge in [-0.3, -0.25) is 14.5 Å². The lowest BCUT2D eigenvalue weighted by Crippen LogP contribution is -2.58. The van der Waals surface area contributed by atoms with Gasteiger partial charge in [0.1, 0.15) is 11.5 Å². The average molecular weight is 507 g/mol. The zero-order chi connectivity index (χ0) is 26.2. The summed E-state index contributed by atoms with van der Waals surface area (Å²) in [6, 6.07) is 2.21. The van der Waals surface area contributed by atoms with Crippen LogP contribution in [0, 0.1) is 12.7 Å². The van der Waals surface area contributed by atoms with Crippen LogP contribution in [0.25, 0.3) is 11.4 Å². The van der Waals surface area contributed by atoms with Crippen molar-refractivity contribution in [3.63, 3.8) is 0 Å². The molecule has 1 amide bonds. The van der Waals surface area contributed by atoms with Crippen molar-refractivity contribution in [2.75, 3.05) is 18.4 Å². The van der Waals surface area contributed by atoms with Gasteiger partial charge in [0.2, 0.25) is 5.95 Å². The van der Waals surface area contributed by atoms with Gasteiger partial charge in [0, 0.05) is 38.2 Å². The minimum atomic E-state index is -4.54. The molecule has 0 spiro atoms. The molecular weight excluding hydrogens is 482 g/mol. The number of aryl methyl sites for hydroxylation is 1. The maximum Gasteiger partial charge on any atom is 0.419 e. The lowest BCUT2D eigenvalue weighted by molar-refractivity contribution is -0.138. The van der Waals surface area contributed by atoms with Crippen LogP contribution in [0.5, 0.6) is 0 Å². The van der Waals surface area contributed by atoms with E-state index < -0.39 is 29.7 Å². The van der Waals surface area contributed by atoms with Crippen molar-refractivity contribution in [2.45, 2.75) is 45.2 Å². The smallest absolute Gasteiger partial charge is 0.372 e. The maximum atomic E-state index is 13.9. The number of pyridine rings is 1. The van der Waals surface area contributed by atoms with Gasteiger partial charge in [-0.2, -0.15) is 18.3 Å². The van der Waals surface area contributed by atoms with E-state index in [1.807, 2.05) is 13.8 Å². The Bertz CT molecular complexity index is 1230. The Morgan fingerprint density at radius 1 is 1.17 bits per heavy atom. The van der Waals surface area contributed by atoms with Gasteiger partial charge >= 0.3 is 6.18 Å². The SMILES string of the molecule is Cc1c(C(=O)N2C[C@@H](C)O[C@@H](C)[C@H]2CNc2ncc(C(F)(F)F)cn2)c(-c2ccc(F)cn2)nn1C. The number of carbonyl (C=O) groups is 1. The predicted octanol–water partition coefficient (Wildman–Crippen LogP) is 3.47. The Kier molecular flexibility index (Phi) is 6.94. The number of rotatable bonds is 5. The first-order chi connectivity index (χ1) is 17.0. The number of aromatic nitrogens is 5. The Labute approximate surface area is 204 Å². The molecule has 9 nitrogen and oxygen atoms in total. The molecule has 0 aliphatic carbocycles. The maximum absolute atomic E-state index is 13.9. The van der Waals surface area contributed by atoms with Crippen molar-refractivity contribution < 1.29 is 27.1 Å². The van der Waals surface area contributed by atoms with E-state index in [9.17, 15) is 22.4 Å². The van der Waals surface area contributed by atoms with Crippen LogP contribution in [-0.4, -0.2) is 66.9 Å². The second kappa shape index (κ2) is 9.80. The fraction of sp³-hybridized carbons (Fsp3) is 0.435. The first kappa shape index (κ1) is 25.5. The number of carbonyl (C=O) groups excluding carboxylic acids is 1. The lowest BCUT2D eigenvalue weighted by Gasteiger charge is -2.43. The van der Waals surface area contributed by atoms with Crippen LogP contribution in [0.4, 0.5) is 23.5 Å². The van der Waals surface area contributed by atoms with Crippen molar-refractivity contribution in [3.8, 4) is 11.4 Å². The van der Waals surface area contributed by atoms with Gasteiger partial charge in [-0.1, -0.05) is 0 Å². The van der Waals surface area contributed by atoms with Gasteiger partial charge in [0.25, 0.3) is 5.91 Å². The molecule has 0 saturated carbocycles. The molecule has 0 unspecified atom stereocenters. The van der Waals surface area contributed by atoms with E-state index in [4.69, 9.17) is 4.74 Å². The van der Waals surface area contributed by atoms with Crippen molar-refractivity contribution in [1.29, 1.82) is 0 Å². The number of nitrogens with one attached hydrogen (secondary N) is 1. The molecule has 36 heavy (non-hydrogen) atoms. The van der Waals surface area contributed by atoms with Crippen LogP contribution in [0.2, 0.25) is 0 Å². The molecule has 192 valence electrons. The van der Waals surface area contributed by atoms with Gasteiger partial charge in [-0.15, -0.1) is 0 Å². The number of alkyl halides is 3. The molecule has 3 aromatic heterocycles. The summed E-state index contributed by atoms with van der Waals surface area (Å²) < 4.78 is 59.3. The third kappa shape index (κ3) is 5.15. The molecule has 1 aliphatic rings. The number of amides is 1. The van der Waals surface area contributed by atoms with Crippen LogP contribution in [0.1, 0.15) is 35.5 Å². The van der Waals surface area contributed by atoms with Crippen molar-refractivity contribution in [3.05, 3.63) is 53.4 Å². The third-order valence-corrected chi connectivity index (χ3v) is 6.07. The second-order valence-corrected chi connectivity index (χ2v) is 8.64. The van der Waals surface area contributed by atoms with E-state index in [2.05, 4.69) is 25.4 Å². The van der Waals surface area contributed by atoms with Gasteiger partial charge in [-0.25, -0.2) is 14.4 Å². The Morgan fingerprint density at radius 2 is 1.86 bits per heavy atom. The molecule has 1 saturated heterocycles. The number of halogens is 4. The number of anilines is 1. The number of nitrogens with zero attached hydrogens (tertiary/aromatic N) is 6. The van der Waals surface area contributed by atoms with E-state index in [-0.39, 0.29) is 31.0 Å². The highest BCUT2D eigenvalue weighted by atomic mass is 19.4. The highest BCUT2D eigenvalue weighted by Crippen LogP contribution is 2.29. The van der Waals surface area contributed by atoms with Gasteiger partial charge in [-0.05, 0) is 32.9 Å². The van der Waals surface area contributed by atoms with E-state index in [0.717, 1.165) is 6.20 Å². The molecule has 3 atom stereocenters. The first-order valence-corrected chi connectivity index (χ1v) is 11.2. The second-order valence-electron chi connectivity index (χ2n) is 8.64. The molecule has 13 heteroatoms. The molecule has 0 bridgehead atoms. The zero-order valence-corrected chi connectivity index (χ0v) is 20.0. The fourth-order valence-corrected chi connectivity index (χ4v) is 4.14. The fourth-order valence-electron chi connectivity index (χ4n) is 4.14. The normalized spacial score (nSPS) is 20.4. The average Bonchev–Trinajstić information content (AvgIpc) is 3.12. The number of hydrogen-bond acceptors (Lipinski definition) is 7. The topological polar surface area (TPSA) is 98.1 Å². The van der Waals surface area contributed by atoms with Crippen LogP contribution in [0.3, 0.4) is 0 Å². The van der Waals surface area contributed by atoms with E-state index in [0.29, 0.717) is 35.0 Å². The van der Waals surface area contributed by atoms with E-state index >= 15 is 0 Å². The van der Waals surface area contributed by atoms with Gasteiger partial charge < -0.3 is 15.0 Å². The Morgan fingerprint density at radius 3 is 2.47 bits per heavy atom. The monoisotopic (exact) mass is 507 g/mol. The summed E-state index contributed by atoms with van der Waals surface area (Å²) in [5, 5.41) is 7.34. The summed E-state index contributed by atoms with van der Waals surface area (Å²) in [4.78, 5) is 27.1. The van der Waals surface area contributed by atoms with Crippen LogP contribution in [0.15, 0.2) is 30.7 Å². The van der Waals surface area contributed by atoms with Crippen molar-refractivity contribution in [2.24, 2.45) is 7.05 Å².